The minimum atomic E-state index is 0.659. The van der Waals surface area contributed by atoms with Gasteiger partial charge >= 0.3 is 0 Å². The SMILES string of the molecule is c1ccc(-c2c3ccccc3c(-c3cc4cccc5c4c4c(cccc34)C3CC53)c3ccccc23)c(-c2ccc3c(c2)sc2ccccc23)c1. The molecule has 1 saturated carbocycles. The summed E-state index contributed by atoms with van der Waals surface area (Å²) >= 11 is 1.89. The highest BCUT2D eigenvalue weighted by molar-refractivity contribution is 7.25. The first kappa shape index (κ1) is 27.1. The monoisotopic (exact) mass is 650 g/mol. The Morgan fingerprint density at radius 1 is 0.380 bits per heavy atom. The molecule has 2 unspecified atom stereocenters. The lowest BCUT2D eigenvalue weighted by molar-refractivity contribution is 1.04. The predicted octanol–water partition coefficient (Wildman–Crippen LogP) is 14.3. The second-order valence-electron chi connectivity index (χ2n) is 14.3. The van der Waals surface area contributed by atoms with Gasteiger partial charge in [0.1, 0.15) is 0 Å². The van der Waals surface area contributed by atoms with Crippen LogP contribution in [0.3, 0.4) is 0 Å². The lowest BCUT2D eigenvalue weighted by Crippen LogP contribution is -1.98. The zero-order valence-corrected chi connectivity index (χ0v) is 28.1. The van der Waals surface area contributed by atoms with E-state index in [1.807, 2.05) is 11.3 Å². The van der Waals surface area contributed by atoms with Gasteiger partial charge in [-0.1, -0.05) is 140 Å². The molecule has 0 N–H and O–H groups in total. The molecule has 0 radical (unpaired) electrons. The number of benzene rings is 9. The van der Waals surface area contributed by atoms with Gasteiger partial charge in [-0.25, -0.2) is 0 Å². The van der Waals surface area contributed by atoms with E-state index in [1.165, 1.54) is 103 Å². The van der Waals surface area contributed by atoms with Crippen molar-refractivity contribution in [2.45, 2.75) is 18.3 Å². The van der Waals surface area contributed by atoms with E-state index in [2.05, 4.69) is 158 Å². The van der Waals surface area contributed by atoms with Crippen LogP contribution in [0.4, 0.5) is 0 Å². The van der Waals surface area contributed by atoms with Crippen molar-refractivity contribution in [3.63, 3.8) is 0 Å². The Morgan fingerprint density at radius 3 is 1.68 bits per heavy atom. The van der Waals surface area contributed by atoms with Crippen molar-refractivity contribution >= 4 is 74.6 Å². The van der Waals surface area contributed by atoms with Gasteiger partial charge in [-0.2, -0.15) is 0 Å². The fourth-order valence-corrected chi connectivity index (χ4v) is 10.7. The molecule has 0 aliphatic heterocycles. The largest absolute Gasteiger partial charge is 0.135 e. The van der Waals surface area contributed by atoms with Crippen LogP contribution in [0.25, 0.3) is 96.6 Å². The van der Waals surface area contributed by atoms with Crippen LogP contribution in [0.5, 0.6) is 0 Å². The van der Waals surface area contributed by atoms with Crippen LogP contribution in [0.2, 0.25) is 0 Å². The second kappa shape index (κ2) is 9.91. The Labute approximate surface area is 293 Å². The van der Waals surface area contributed by atoms with Crippen molar-refractivity contribution < 1.29 is 0 Å². The van der Waals surface area contributed by atoms with Crippen LogP contribution < -0.4 is 0 Å². The van der Waals surface area contributed by atoms with E-state index in [-0.39, 0.29) is 0 Å². The van der Waals surface area contributed by atoms with Gasteiger partial charge in [-0.05, 0) is 124 Å². The Bertz CT molecular complexity index is 3030. The first-order valence-corrected chi connectivity index (χ1v) is 18.6. The van der Waals surface area contributed by atoms with Crippen LogP contribution >= 0.6 is 11.3 Å². The zero-order chi connectivity index (χ0) is 32.5. The molecule has 2 atom stereocenters. The fraction of sp³-hybridized carbons (Fsp3) is 0.0612. The Balaban J connectivity index is 1.17. The summed E-state index contributed by atoms with van der Waals surface area (Å²) < 4.78 is 2.67. The highest BCUT2D eigenvalue weighted by Gasteiger charge is 2.44. The third kappa shape index (κ3) is 3.60. The highest BCUT2D eigenvalue weighted by Crippen LogP contribution is 2.62. The van der Waals surface area contributed by atoms with E-state index >= 15 is 0 Å². The molecule has 2 aliphatic carbocycles. The van der Waals surface area contributed by atoms with Crippen molar-refractivity contribution in [1.29, 1.82) is 0 Å². The lowest BCUT2D eigenvalue weighted by Gasteiger charge is -2.23. The first-order valence-electron chi connectivity index (χ1n) is 17.7. The summed E-state index contributed by atoms with van der Waals surface area (Å²) in [5.41, 5.74) is 10.9. The van der Waals surface area contributed by atoms with E-state index < -0.39 is 0 Å². The lowest BCUT2D eigenvalue weighted by atomic mass is 9.80. The topological polar surface area (TPSA) is 0 Å². The van der Waals surface area contributed by atoms with Gasteiger partial charge in [0.15, 0.2) is 0 Å². The number of rotatable bonds is 3. The number of hydrogen-bond donors (Lipinski definition) is 0. The summed E-state index contributed by atoms with van der Waals surface area (Å²) in [5.74, 6) is 1.34. The van der Waals surface area contributed by atoms with Gasteiger partial charge in [0, 0.05) is 20.2 Å². The maximum atomic E-state index is 2.50. The maximum Gasteiger partial charge on any atom is 0.0361 e. The molecule has 0 nitrogen and oxygen atoms in total. The van der Waals surface area contributed by atoms with Crippen molar-refractivity contribution in [2.24, 2.45) is 0 Å². The zero-order valence-electron chi connectivity index (χ0n) is 27.3. The summed E-state index contributed by atoms with van der Waals surface area (Å²) in [6, 6.07) is 59.7. The average molecular weight is 651 g/mol. The maximum absolute atomic E-state index is 2.50. The van der Waals surface area contributed by atoms with Crippen LogP contribution in [0.1, 0.15) is 29.4 Å². The van der Waals surface area contributed by atoms with Crippen LogP contribution in [0.15, 0.2) is 158 Å². The number of hydrogen-bond acceptors (Lipinski definition) is 1. The van der Waals surface area contributed by atoms with Gasteiger partial charge in [0.25, 0.3) is 0 Å². The molecule has 232 valence electrons. The standard InChI is InChI=1S/C49H30S/c1-2-14-33(30(12-1)28-23-24-32-31-13-7-8-22-44(31)50-45(32)26-28)47-34-15-3-5-17-36(34)48(37-18-6-4-16-35(37)47)43-25-29-11-9-19-38-41-27-42(41)39-20-10-21-40(43)49(39)46(29)38/h1-26,41-42H,27H2. The molecular weight excluding hydrogens is 621 g/mol. The molecule has 0 amide bonds. The van der Waals surface area contributed by atoms with Gasteiger partial charge in [0.2, 0.25) is 0 Å². The summed E-state index contributed by atoms with van der Waals surface area (Å²) in [6.45, 7) is 0. The van der Waals surface area contributed by atoms with E-state index in [9.17, 15) is 0 Å². The van der Waals surface area contributed by atoms with E-state index in [4.69, 9.17) is 0 Å². The van der Waals surface area contributed by atoms with E-state index in [1.54, 1.807) is 11.1 Å². The van der Waals surface area contributed by atoms with Gasteiger partial charge < -0.3 is 0 Å². The molecule has 0 spiro atoms. The van der Waals surface area contributed by atoms with Crippen LogP contribution in [0, 0.1) is 0 Å². The molecule has 12 rings (SSSR count). The number of fused-ring (bicyclic) bond motifs is 8. The molecule has 50 heavy (non-hydrogen) atoms. The highest BCUT2D eigenvalue weighted by atomic mass is 32.1. The van der Waals surface area contributed by atoms with E-state index in [0.29, 0.717) is 11.8 Å². The molecule has 9 aromatic carbocycles. The summed E-state index contributed by atoms with van der Waals surface area (Å²) in [6.07, 6.45) is 1.28. The summed E-state index contributed by atoms with van der Waals surface area (Å²) in [7, 11) is 0. The average Bonchev–Trinajstić information content (AvgIpc) is 3.90. The fourth-order valence-electron chi connectivity index (χ4n) is 9.57. The molecule has 0 saturated heterocycles. The third-order valence-electron chi connectivity index (χ3n) is 11.7. The molecular formula is C49H30S. The van der Waals surface area contributed by atoms with Crippen molar-refractivity contribution in [3.05, 3.63) is 169 Å². The van der Waals surface area contributed by atoms with Gasteiger partial charge in [-0.15, -0.1) is 11.3 Å². The minimum absolute atomic E-state index is 0.659. The third-order valence-corrected chi connectivity index (χ3v) is 12.9. The Morgan fingerprint density at radius 2 is 0.940 bits per heavy atom. The summed E-state index contributed by atoms with van der Waals surface area (Å²) in [5, 5.41) is 13.6. The summed E-state index contributed by atoms with van der Waals surface area (Å²) in [4.78, 5) is 0. The molecule has 0 bridgehead atoms. The van der Waals surface area contributed by atoms with Crippen molar-refractivity contribution in [3.8, 4) is 33.4 Å². The number of thiophene rings is 1. The van der Waals surface area contributed by atoms with Crippen LogP contribution in [-0.4, -0.2) is 0 Å². The predicted molar refractivity (Wildman–Crippen MR) is 216 cm³/mol. The normalized spacial score (nSPS) is 16.3. The first-order chi connectivity index (χ1) is 24.8. The van der Waals surface area contributed by atoms with Crippen molar-refractivity contribution in [1.82, 2.24) is 0 Å². The van der Waals surface area contributed by atoms with Crippen molar-refractivity contribution in [2.75, 3.05) is 0 Å². The van der Waals surface area contributed by atoms with Crippen LogP contribution in [-0.2, 0) is 0 Å². The smallest absolute Gasteiger partial charge is 0.0361 e. The molecule has 1 fully saturated rings. The molecule has 2 aliphatic rings. The second-order valence-corrected chi connectivity index (χ2v) is 15.4. The molecule has 10 aromatic rings. The minimum Gasteiger partial charge on any atom is -0.135 e. The van der Waals surface area contributed by atoms with Gasteiger partial charge in [0.05, 0.1) is 0 Å². The quantitative estimate of drug-likeness (QED) is 0.132. The molecule has 1 heteroatoms. The Hall–Kier alpha value is -5.76. The Kier molecular flexibility index (Phi) is 5.37. The molecule has 1 aromatic heterocycles. The molecule has 1 heterocycles. The van der Waals surface area contributed by atoms with E-state index in [0.717, 1.165) is 0 Å². The van der Waals surface area contributed by atoms with Gasteiger partial charge in [-0.3, -0.25) is 0 Å².